The van der Waals surface area contributed by atoms with Gasteiger partial charge in [-0.25, -0.2) is 0 Å². The van der Waals surface area contributed by atoms with Crippen molar-refractivity contribution in [3.8, 4) is 77.9 Å². The summed E-state index contributed by atoms with van der Waals surface area (Å²) in [5.74, 6) is 0. The predicted octanol–water partition coefficient (Wildman–Crippen LogP) is 27.4. The molecule has 0 atom stereocenters. The van der Waals surface area contributed by atoms with E-state index in [9.17, 15) is 0 Å². The van der Waals surface area contributed by atoms with Crippen molar-refractivity contribution in [2.24, 2.45) is 0 Å². The Kier molecular flexibility index (Phi) is 14.1. The molecule has 0 radical (unpaired) electrons. The monoisotopic (exact) mass is 1330 g/mol. The van der Waals surface area contributed by atoms with Crippen molar-refractivity contribution < 1.29 is 8.83 Å². The molecule has 0 spiro atoms. The number of anilines is 6. The van der Waals surface area contributed by atoms with Gasteiger partial charge in [-0.15, -0.1) is 0 Å². The number of rotatable bonds is 13. The molecule has 16 aromatic carbocycles. The fraction of sp³-hybridized carbons (Fsp3) is 0.0400. The molecule has 0 aliphatic heterocycles. The van der Waals surface area contributed by atoms with Crippen molar-refractivity contribution >= 4 is 78.0 Å². The Morgan fingerprint density at radius 2 is 0.625 bits per heavy atom. The molecule has 0 unspecified atom stereocenters. The Labute approximate surface area is 604 Å². The summed E-state index contributed by atoms with van der Waals surface area (Å²) in [6.07, 6.45) is 0. The minimum Gasteiger partial charge on any atom is -0.455 e. The third-order valence-electron chi connectivity index (χ3n) is 22.2. The summed E-state index contributed by atoms with van der Waals surface area (Å²) in [4.78, 5) is 4.86. The quantitative estimate of drug-likeness (QED) is 0.115. The lowest BCUT2D eigenvalue weighted by Gasteiger charge is -2.34. The average Bonchev–Trinajstić information content (AvgIpc) is 1.47. The Morgan fingerprint density at radius 1 is 0.231 bits per heavy atom. The van der Waals surface area contributed by atoms with Gasteiger partial charge in [-0.3, -0.25) is 0 Å². The lowest BCUT2D eigenvalue weighted by Crippen LogP contribution is -2.28. The van der Waals surface area contributed by atoms with Gasteiger partial charge >= 0.3 is 0 Å². The van der Waals surface area contributed by atoms with E-state index in [0.717, 1.165) is 111 Å². The van der Waals surface area contributed by atoms with E-state index in [1.807, 2.05) is 6.07 Å². The first-order valence-electron chi connectivity index (χ1n) is 35.9. The van der Waals surface area contributed by atoms with Gasteiger partial charge in [0.15, 0.2) is 5.58 Å². The third-order valence-corrected chi connectivity index (χ3v) is 22.2. The van der Waals surface area contributed by atoms with Gasteiger partial charge in [0.2, 0.25) is 0 Å². The molecule has 0 bridgehead atoms. The van der Waals surface area contributed by atoms with Crippen LogP contribution in [0.25, 0.3) is 122 Å². The van der Waals surface area contributed by atoms with Crippen LogP contribution in [0.3, 0.4) is 0 Å². The van der Waals surface area contributed by atoms with E-state index in [1.165, 1.54) is 77.9 Å². The molecule has 0 fully saturated rings. The van der Waals surface area contributed by atoms with Crippen LogP contribution in [0.15, 0.2) is 385 Å². The number of benzene rings is 16. The topological polar surface area (TPSA) is 32.8 Å². The van der Waals surface area contributed by atoms with Crippen LogP contribution in [0, 0.1) is 0 Å². The highest BCUT2D eigenvalue weighted by molar-refractivity contribution is 6.13. The second-order valence-corrected chi connectivity index (χ2v) is 28.2. The van der Waals surface area contributed by atoms with Gasteiger partial charge < -0.3 is 18.6 Å². The zero-order chi connectivity index (χ0) is 69.0. The van der Waals surface area contributed by atoms with Crippen LogP contribution in [-0.2, 0) is 10.8 Å². The lowest BCUT2D eigenvalue weighted by atomic mass is 9.67. The highest BCUT2D eigenvalue weighted by atomic mass is 16.3. The largest absolute Gasteiger partial charge is 0.455 e. The summed E-state index contributed by atoms with van der Waals surface area (Å²) in [6, 6.07) is 138. The molecule has 0 saturated heterocycles. The number of hydrogen-bond acceptors (Lipinski definition) is 4. The number of nitrogens with zero attached hydrogens (tertiary/aromatic N) is 2. The fourth-order valence-corrected chi connectivity index (χ4v) is 17.3. The molecular weight excluding hydrogens is 1260 g/mol. The lowest BCUT2D eigenvalue weighted by molar-refractivity contribution is 0.660. The highest BCUT2D eigenvalue weighted by Crippen LogP contribution is 2.61. The van der Waals surface area contributed by atoms with Crippen LogP contribution < -0.4 is 9.80 Å². The van der Waals surface area contributed by atoms with Crippen molar-refractivity contribution in [1.29, 1.82) is 0 Å². The summed E-state index contributed by atoms with van der Waals surface area (Å²) in [6.45, 7) is 4.69. The Hall–Kier alpha value is -13.3. The molecular formula is C100H68N2O2. The van der Waals surface area contributed by atoms with Crippen molar-refractivity contribution in [2.45, 2.75) is 24.7 Å². The Balaban J connectivity index is 0.668. The number of fused-ring (bicyclic) bond motifs is 12. The summed E-state index contributed by atoms with van der Waals surface area (Å²) < 4.78 is 13.9. The first kappa shape index (κ1) is 60.7. The van der Waals surface area contributed by atoms with Crippen molar-refractivity contribution in [1.82, 2.24) is 0 Å². The van der Waals surface area contributed by atoms with E-state index >= 15 is 0 Å². The van der Waals surface area contributed by atoms with E-state index in [0.29, 0.717) is 0 Å². The average molecular weight is 1330 g/mol. The van der Waals surface area contributed by atoms with Crippen LogP contribution in [0.1, 0.15) is 47.2 Å². The second kappa shape index (κ2) is 24.2. The molecule has 0 saturated carbocycles. The molecule has 0 amide bonds. The first-order valence-corrected chi connectivity index (χ1v) is 35.9. The van der Waals surface area contributed by atoms with Crippen molar-refractivity contribution in [3.05, 3.63) is 409 Å². The predicted molar refractivity (Wildman–Crippen MR) is 432 cm³/mol. The van der Waals surface area contributed by atoms with E-state index in [4.69, 9.17) is 8.83 Å². The molecule has 2 aliphatic carbocycles. The Bertz CT molecular complexity index is 6210. The maximum absolute atomic E-state index is 7.08. The minimum absolute atomic E-state index is 0.161. The molecule has 4 heteroatoms. The third kappa shape index (κ3) is 9.60. The zero-order valence-electron chi connectivity index (χ0n) is 57.5. The molecule has 18 aromatic rings. The van der Waals surface area contributed by atoms with Crippen molar-refractivity contribution in [3.63, 3.8) is 0 Å². The van der Waals surface area contributed by atoms with Crippen molar-refractivity contribution in [2.75, 3.05) is 9.80 Å². The van der Waals surface area contributed by atoms with Gasteiger partial charge in [0, 0.05) is 60.7 Å². The molecule has 490 valence electrons. The van der Waals surface area contributed by atoms with E-state index < -0.39 is 5.41 Å². The number of hydrogen-bond donors (Lipinski definition) is 0. The van der Waals surface area contributed by atoms with Crippen LogP contribution in [0.2, 0.25) is 0 Å². The normalized spacial score (nSPS) is 13.1. The standard InChI is InChI=1S/C100H68N2O2/c1-99(2)86-36-17-15-32-83(86)95-87(99)37-21-40-91(95)102(92-41-20-35-81-80-31-16-18-42-93(80)104-98(81)92)78-59-51-70(52-60-78)67-43-45-71(46-44-67)72-54-62-94-85(63-72)82-34-19-33-79(97(82)103-94)73-53-61-84-89(64-73)100(74-27-11-5-12-28-74,75-29-13-6-14-30-75)88-38-22-39-90(96(84)88)101(76-55-47-68(48-56-76)65-23-7-3-8-24-65)77-57-49-69(50-58-77)66-25-9-4-10-26-66/h3-64H,1-2H3. The minimum atomic E-state index is -0.698. The molecule has 4 nitrogen and oxygen atoms in total. The molecule has 2 heterocycles. The zero-order valence-corrected chi connectivity index (χ0v) is 57.5. The fourth-order valence-electron chi connectivity index (χ4n) is 17.3. The molecule has 0 N–H and O–H groups in total. The van der Waals surface area contributed by atoms with Crippen LogP contribution >= 0.6 is 0 Å². The van der Waals surface area contributed by atoms with Gasteiger partial charge in [0.05, 0.1) is 22.5 Å². The van der Waals surface area contributed by atoms with E-state index in [2.05, 4.69) is 394 Å². The summed E-state index contributed by atoms with van der Waals surface area (Å²) in [5, 5.41) is 4.35. The van der Waals surface area contributed by atoms with E-state index in [1.54, 1.807) is 0 Å². The summed E-state index contributed by atoms with van der Waals surface area (Å²) in [5.41, 5.74) is 32.8. The second-order valence-electron chi connectivity index (χ2n) is 28.2. The Morgan fingerprint density at radius 3 is 1.25 bits per heavy atom. The smallest absolute Gasteiger partial charge is 0.159 e. The van der Waals surface area contributed by atoms with E-state index in [-0.39, 0.29) is 5.41 Å². The first-order chi connectivity index (χ1) is 51.3. The molecule has 20 rings (SSSR count). The van der Waals surface area contributed by atoms with Gasteiger partial charge in [0.25, 0.3) is 0 Å². The summed E-state index contributed by atoms with van der Waals surface area (Å²) in [7, 11) is 0. The van der Waals surface area contributed by atoms with Gasteiger partial charge in [-0.1, -0.05) is 311 Å². The number of furan rings is 2. The SMILES string of the molecule is CC1(C)c2ccccc2-c2c(N(c3ccc(-c4ccc(-c5ccc6oc7c(-c8ccc9c(c8)C(c8ccccc8)(c8ccccc8)c8cccc(N(c%10ccc(-c%11ccccc%11)cc%10)c%10ccc(-c%11ccccc%11)cc%10)c8-9)cccc7c6c5)cc4)cc3)c3cccc4c3oc3ccccc34)cccc21. The van der Waals surface area contributed by atoms with Gasteiger partial charge in [0.1, 0.15) is 16.7 Å². The molecule has 2 aliphatic rings. The van der Waals surface area contributed by atoms with Crippen LogP contribution in [-0.4, -0.2) is 0 Å². The highest BCUT2D eigenvalue weighted by Gasteiger charge is 2.48. The molecule has 104 heavy (non-hydrogen) atoms. The summed E-state index contributed by atoms with van der Waals surface area (Å²) >= 11 is 0. The van der Waals surface area contributed by atoms with Crippen LogP contribution in [0.5, 0.6) is 0 Å². The number of para-hydroxylation sites is 3. The van der Waals surface area contributed by atoms with Gasteiger partial charge in [-0.05, 0) is 173 Å². The maximum atomic E-state index is 7.08. The molecule has 2 aromatic heterocycles. The van der Waals surface area contributed by atoms with Crippen LogP contribution in [0.4, 0.5) is 34.1 Å². The van der Waals surface area contributed by atoms with Gasteiger partial charge in [-0.2, -0.15) is 0 Å². The maximum Gasteiger partial charge on any atom is 0.159 e.